The highest BCUT2D eigenvalue weighted by Gasteiger charge is 2.39. The molecule has 0 spiro atoms. The van der Waals surface area contributed by atoms with Gasteiger partial charge in [0.2, 0.25) is 17.7 Å². The van der Waals surface area contributed by atoms with Crippen molar-refractivity contribution < 1.29 is 14.4 Å². The van der Waals surface area contributed by atoms with Crippen molar-refractivity contribution in [2.75, 3.05) is 13.6 Å². The minimum absolute atomic E-state index is 0.0266. The molecule has 0 radical (unpaired) electrons. The van der Waals surface area contributed by atoms with Crippen molar-refractivity contribution in [1.82, 2.24) is 20.9 Å². The number of likely N-dealkylation sites (tertiary alicyclic amines) is 1. The molecule has 7 nitrogen and oxygen atoms in total. The van der Waals surface area contributed by atoms with E-state index in [1.54, 1.807) is 18.9 Å². The van der Waals surface area contributed by atoms with Gasteiger partial charge in [0.25, 0.3) is 0 Å². The standard InChI is InChI=1S/C28H36N4O3.2C2H6/c1-19(29-2)26(33)31-24(18-20-10-4-3-5-11-20)28(35)32-17-9-16-25(32)27(34)30-23-15-8-13-21-12-6-7-14-22(21)23;2*1-2/h3-7,10-12,14,19,23-25,29H,8-9,13,15-18H2,1-2H3,(H,30,34)(H,31,33);2*1-2H3/t19-,23?,24-,25?;;/m0../s1. The van der Waals surface area contributed by atoms with Crippen LogP contribution < -0.4 is 16.0 Å². The zero-order chi connectivity index (χ0) is 28.8. The first-order valence-corrected chi connectivity index (χ1v) is 14.7. The molecule has 1 saturated heterocycles. The Labute approximate surface area is 235 Å². The molecule has 214 valence electrons. The van der Waals surface area contributed by atoms with Crippen LogP contribution in [0.2, 0.25) is 0 Å². The molecular formula is C32H48N4O3. The number of rotatable bonds is 8. The molecule has 2 aromatic rings. The number of nitrogens with one attached hydrogen (secondary N) is 3. The molecular weight excluding hydrogens is 488 g/mol. The van der Waals surface area contributed by atoms with E-state index in [0.29, 0.717) is 19.4 Å². The van der Waals surface area contributed by atoms with Crippen LogP contribution in [0.1, 0.15) is 83.0 Å². The number of carbonyl (C=O) groups excluding carboxylic acids is 3. The van der Waals surface area contributed by atoms with E-state index >= 15 is 0 Å². The van der Waals surface area contributed by atoms with Gasteiger partial charge in [0.15, 0.2) is 0 Å². The lowest BCUT2D eigenvalue weighted by Gasteiger charge is -2.32. The number of hydrogen-bond donors (Lipinski definition) is 3. The Morgan fingerprint density at radius 1 is 0.923 bits per heavy atom. The molecule has 2 aliphatic rings. The fraction of sp³-hybridized carbons (Fsp3) is 0.531. The van der Waals surface area contributed by atoms with E-state index in [0.717, 1.165) is 31.2 Å². The average Bonchev–Trinajstić information content (AvgIpc) is 3.49. The second-order valence-corrected chi connectivity index (χ2v) is 9.60. The summed E-state index contributed by atoms with van der Waals surface area (Å²) in [6.45, 7) is 10.3. The van der Waals surface area contributed by atoms with Gasteiger partial charge < -0.3 is 20.9 Å². The monoisotopic (exact) mass is 536 g/mol. The normalized spacial score (nSPS) is 19.2. The van der Waals surface area contributed by atoms with E-state index in [4.69, 9.17) is 0 Å². The average molecular weight is 537 g/mol. The molecule has 3 amide bonds. The third kappa shape index (κ3) is 8.65. The van der Waals surface area contributed by atoms with Crippen LogP contribution in [0.5, 0.6) is 0 Å². The lowest BCUT2D eigenvalue weighted by Crippen LogP contribution is -2.56. The molecule has 1 fully saturated rings. The van der Waals surface area contributed by atoms with Crippen LogP contribution in [0.25, 0.3) is 0 Å². The minimum Gasteiger partial charge on any atom is -0.347 e. The largest absolute Gasteiger partial charge is 0.347 e. The van der Waals surface area contributed by atoms with E-state index < -0.39 is 18.1 Å². The Hall–Kier alpha value is -3.19. The zero-order valence-electron chi connectivity index (χ0n) is 24.6. The van der Waals surface area contributed by atoms with Gasteiger partial charge in [-0.1, -0.05) is 82.3 Å². The van der Waals surface area contributed by atoms with Crippen LogP contribution in [0, 0.1) is 0 Å². The number of amides is 3. The maximum Gasteiger partial charge on any atom is 0.246 e. The molecule has 0 bridgehead atoms. The van der Waals surface area contributed by atoms with Gasteiger partial charge in [0.1, 0.15) is 12.1 Å². The maximum atomic E-state index is 13.7. The molecule has 0 aromatic heterocycles. The summed E-state index contributed by atoms with van der Waals surface area (Å²) in [7, 11) is 1.71. The van der Waals surface area contributed by atoms with E-state index in [9.17, 15) is 14.4 Å². The smallest absolute Gasteiger partial charge is 0.246 e. The van der Waals surface area contributed by atoms with Gasteiger partial charge >= 0.3 is 0 Å². The maximum absolute atomic E-state index is 13.7. The second kappa shape index (κ2) is 16.7. The molecule has 2 unspecified atom stereocenters. The Morgan fingerprint density at radius 3 is 2.28 bits per heavy atom. The molecule has 0 saturated carbocycles. The fourth-order valence-corrected chi connectivity index (χ4v) is 5.15. The predicted molar refractivity (Wildman–Crippen MR) is 158 cm³/mol. The summed E-state index contributed by atoms with van der Waals surface area (Å²) < 4.78 is 0. The summed E-state index contributed by atoms with van der Waals surface area (Å²) in [6.07, 6.45) is 4.74. The molecule has 1 aliphatic heterocycles. The highest BCUT2D eigenvalue weighted by Crippen LogP contribution is 2.30. The summed E-state index contributed by atoms with van der Waals surface area (Å²) in [5.41, 5.74) is 3.42. The van der Waals surface area contributed by atoms with Crippen molar-refractivity contribution in [2.24, 2.45) is 0 Å². The van der Waals surface area contributed by atoms with Crippen LogP contribution in [0.3, 0.4) is 0 Å². The van der Waals surface area contributed by atoms with Crippen molar-refractivity contribution in [3.05, 3.63) is 71.3 Å². The lowest BCUT2D eigenvalue weighted by molar-refractivity contribution is -0.141. The van der Waals surface area contributed by atoms with Crippen molar-refractivity contribution >= 4 is 17.7 Å². The number of fused-ring (bicyclic) bond motifs is 1. The van der Waals surface area contributed by atoms with Gasteiger partial charge in [-0.15, -0.1) is 0 Å². The molecule has 7 heteroatoms. The van der Waals surface area contributed by atoms with Crippen LogP contribution >= 0.6 is 0 Å². The Kier molecular flexibility index (Phi) is 13.7. The van der Waals surface area contributed by atoms with E-state index in [1.807, 2.05) is 70.2 Å². The molecule has 3 N–H and O–H groups in total. The van der Waals surface area contributed by atoms with Crippen molar-refractivity contribution in [1.29, 1.82) is 0 Å². The Bertz CT molecular complexity index is 1040. The number of aryl methyl sites for hydroxylation is 1. The van der Waals surface area contributed by atoms with Crippen LogP contribution in [-0.2, 0) is 27.2 Å². The highest BCUT2D eigenvalue weighted by atomic mass is 16.2. The van der Waals surface area contributed by atoms with E-state index in [-0.39, 0.29) is 23.8 Å². The molecule has 1 heterocycles. The predicted octanol–water partition coefficient (Wildman–Crippen LogP) is 4.56. The third-order valence-corrected chi connectivity index (χ3v) is 7.25. The van der Waals surface area contributed by atoms with Crippen molar-refractivity contribution in [3.63, 3.8) is 0 Å². The topological polar surface area (TPSA) is 90.5 Å². The van der Waals surface area contributed by atoms with Gasteiger partial charge in [-0.05, 0) is 62.8 Å². The van der Waals surface area contributed by atoms with E-state index in [1.165, 1.54) is 11.1 Å². The quantitative estimate of drug-likeness (QED) is 0.461. The Balaban J connectivity index is 0.00000127. The van der Waals surface area contributed by atoms with Gasteiger partial charge in [-0.2, -0.15) is 0 Å². The van der Waals surface area contributed by atoms with Gasteiger partial charge in [0, 0.05) is 13.0 Å². The van der Waals surface area contributed by atoms with Gasteiger partial charge in [-0.25, -0.2) is 0 Å². The van der Waals surface area contributed by atoms with Gasteiger partial charge in [-0.3, -0.25) is 14.4 Å². The summed E-state index contributed by atoms with van der Waals surface area (Å²) in [6, 6.07) is 16.2. The lowest BCUT2D eigenvalue weighted by atomic mass is 9.87. The minimum atomic E-state index is -0.732. The summed E-state index contributed by atoms with van der Waals surface area (Å²) in [4.78, 5) is 41.4. The Morgan fingerprint density at radius 2 is 1.59 bits per heavy atom. The molecule has 4 atom stereocenters. The van der Waals surface area contributed by atoms with Crippen LogP contribution in [0.4, 0.5) is 0 Å². The third-order valence-electron chi connectivity index (χ3n) is 7.25. The molecule has 2 aromatic carbocycles. The number of benzene rings is 2. The molecule has 39 heavy (non-hydrogen) atoms. The molecule has 4 rings (SSSR count). The van der Waals surface area contributed by atoms with Crippen molar-refractivity contribution in [3.8, 4) is 0 Å². The summed E-state index contributed by atoms with van der Waals surface area (Å²) in [5.74, 6) is -0.543. The SMILES string of the molecule is CC.CC.CN[C@@H](C)C(=O)N[C@@H](Cc1ccccc1)C(=O)N1CCCC1C(=O)NC1CCCc2ccccc21. The fourth-order valence-electron chi connectivity index (χ4n) is 5.15. The molecule has 1 aliphatic carbocycles. The zero-order valence-corrected chi connectivity index (χ0v) is 24.6. The van der Waals surface area contributed by atoms with Gasteiger partial charge in [0.05, 0.1) is 12.1 Å². The number of nitrogens with zero attached hydrogens (tertiary/aromatic N) is 1. The summed E-state index contributed by atoms with van der Waals surface area (Å²) in [5, 5.41) is 9.07. The number of carbonyl (C=O) groups is 3. The highest BCUT2D eigenvalue weighted by molar-refractivity contribution is 5.93. The number of hydrogen-bond acceptors (Lipinski definition) is 4. The summed E-state index contributed by atoms with van der Waals surface area (Å²) >= 11 is 0. The first-order chi connectivity index (χ1) is 19.0. The van der Waals surface area contributed by atoms with E-state index in [2.05, 4.69) is 28.1 Å². The van der Waals surface area contributed by atoms with Crippen molar-refractivity contribution in [2.45, 2.75) is 97.3 Å². The first kappa shape index (κ1) is 32.0. The first-order valence-electron chi connectivity index (χ1n) is 14.7. The number of likely N-dealkylation sites (N-methyl/N-ethyl adjacent to an activating group) is 1. The van der Waals surface area contributed by atoms with Crippen LogP contribution in [-0.4, -0.2) is 54.3 Å². The van der Waals surface area contributed by atoms with Crippen LogP contribution in [0.15, 0.2) is 54.6 Å². The second-order valence-electron chi connectivity index (χ2n) is 9.60.